The highest BCUT2D eigenvalue weighted by atomic mass is 32.2. The second kappa shape index (κ2) is 8.36. The summed E-state index contributed by atoms with van der Waals surface area (Å²) in [6.07, 6.45) is 2.25. The lowest BCUT2D eigenvalue weighted by molar-refractivity contribution is -0.131. The molecule has 0 atom stereocenters. The number of hydrogen-bond donors (Lipinski definition) is 0. The van der Waals surface area contributed by atoms with Gasteiger partial charge in [-0.15, -0.1) is 11.8 Å². The van der Waals surface area contributed by atoms with Gasteiger partial charge in [-0.3, -0.25) is 9.59 Å². The summed E-state index contributed by atoms with van der Waals surface area (Å²) in [4.78, 5) is 29.7. The van der Waals surface area contributed by atoms with E-state index in [-0.39, 0.29) is 24.1 Å². The third-order valence-electron chi connectivity index (χ3n) is 4.53. The highest BCUT2D eigenvalue weighted by Crippen LogP contribution is 2.17. The van der Waals surface area contributed by atoms with Crippen LogP contribution in [0.5, 0.6) is 0 Å². The second-order valence-corrected chi connectivity index (χ2v) is 7.08. The highest BCUT2D eigenvalue weighted by molar-refractivity contribution is 7.98. The molecule has 1 aliphatic rings. The van der Waals surface area contributed by atoms with Crippen molar-refractivity contribution in [3.63, 3.8) is 0 Å². The summed E-state index contributed by atoms with van der Waals surface area (Å²) < 4.78 is 12.9. The quantitative estimate of drug-likeness (QED) is 0.775. The lowest BCUT2D eigenvalue weighted by Gasteiger charge is -2.35. The molecule has 2 aromatic rings. The zero-order valence-electron chi connectivity index (χ0n) is 14.7. The molecule has 1 aliphatic heterocycles. The summed E-state index contributed by atoms with van der Waals surface area (Å²) in [5.41, 5.74) is 1.47. The van der Waals surface area contributed by atoms with Crippen LogP contribution in [-0.2, 0) is 11.2 Å². The SMILES string of the molecule is CSc1ccc(C(=O)N2CCN(C(=O)Cc3ccc(F)cc3)CC2)cc1. The van der Waals surface area contributed by atoms with Gasteiger partial charge in [0.15, 0.2) is 0 Å². The van der Waals surface area contributed by atoms with E-state index in [9.17, 15) is 14.0 Å². The number of carbonyl (C=O) groups excluding carboxylic acids is 2. The molecule has 2 aromatic carbocycles. The first-order valence-corrected chi connectivity index (χ1v) is 9.75. The zero-order valence-corrected chi connectivity index (χ0v) is 15.5. The maximum Gasteiger partial charge on any atom is 0.253 e. The standard InChI is InChI=1S/C20H21FN2O2S/c1-26-18-8-4-16(5-9-18)20(25)23-12-10-22(11-13-23)19(24)14-15-2-6-17(21)7-3-15/h2-9H,10-14H2,1H3. The third-order valence-corrected chi connectivity index (χ3v) is 5.27. The first-order valence-electron chi connectivity index (χ1n) is 8.52. The van der Waals surface area contributed by atoms with Gasteiger partial charge in [0.25, 0.3) is 5.91 Å². The molecule has 0 aliphatic carbocycles. The molecule has 3 rings (SSSR count). The predicted molar refractivity (Wildman–Crippen MR) is 101 cm³/mol. The van der Waals surface area contributed by atoms with E-state index in [2.05, 4.69) is 0 Å². The maximum absolute atomic E-state index is 12.9. The molecule has 0 bridgehead atoms. The normalized spacial score (nSPS) is 14.4. The van der Waals surface area contributed by atoms with Gasteiger partial charge in [-0.2, -0.15) is 0 Å². The molecular formula is C20H21FN2O2S. The van der Waals surface area contributed by atoms with Crippen LogP contribution in [0.4, 0.5) is 4.39 Å². The van der Waals surface area contributed by atoms with E-state index in [1.54, 1.807) is 33.7 Å². The highest BCUT2D eigenvalue weighted by Gasteiger charge is 2.24. The van der Waals surface area contributed by atoms with Crippen molar-refractivity contribution in [2.45, 2.75) is 11.3 Å². The molecule has 0 aromatic heterocycles. The first kappa shape index (κ1) is 18.5. The van der Waals surface area contributed by atoms with Gasteiger partial charge in [-0.25, -0.2) is 4.39 Å². The predicted octanol–water partition coefficient (Wildman–Crippen LogP) is 3.07. The Morgan fingerprint density at radius 3 is 2.08 bits per heavy atom. The van der Waals surface area contributed by atoms with E-state index in [1.165, 1.54) is 12.1 Å². The van der Waals surface area contributed by atoms with E-state index in [4.69, 9.17) is 0 Å². The average molecular weight is 372 g/mol. The Bertz CT molecular complexity index is 769. The number of benzene rings is 2. The minimum atomic E-state index is -0.307. The lowest BCUT2D eigenvalue weighted by atomic mass is 10.1. The minimum absolute atomic E-state index is 0.00304. The van der Waals surface area contributed by atoms with Gasteiger partial charge in [0.2, 0.25) is 5.91 Å². The molecule has 136 valence electrons. The van der Waals surface area contributed by atoms with Crippen molar-refractivity contribution in [1.29, 1.82) is 0 Å². The van der Waals surface area contributed by atoms with E-state index in [0.717, 1.165) is 10.5 Å². The topological polar surface area (TPSA) is 40.6 Å². The second-order valence-electron chi connectivity index (χ2n) is 6.20. The van der Waals surface area contributed by atoms with Crippen LogP contribution in [0.1, 0.15) is 15.9 Å². The van der Waals surface area contributed by atoms with Gasteiger partial charge in [-0.1, -0.05) is 12.1 Å². The van der Waals surface area contributed by atoms with Crippen LogP contribution in [0.2, 0.25) is 0 Å². The Kier molecular flexibility index (Phi) is 5.93. The Labute approximate surface area is 157 Å². The number of nitrogens with zero attached hydrogens (tertiary/aromatic N) is 2. The van der Waals surface area contributed by atoms with Gasteiger partial charge in [0.05, 0.1) is 6.42 Å². The number of hydrogen-bond acceptors (Lipinski definition) is 3. The van der Waals surface area contributed by atoms with Crippen molar-refractivity contribution < 1.29 is 14.0 Å². The molecule has 1 saturated heterocycles. The Morgan fingerprint density at radius 1 is 0.923 bits per heavy atom. The summed E-state index contributed by atoms with van der Waals surface area (Å²) in [5, 5.41) is 0. The summed E-state index contributed by atoms with van der Waals surface area (Å²) >= 11 is 1.64. The largest absolute Gasteiger partial charge is 0.339 e. The number of carbonyl (C=O) groups is 2. The minimum Gasteiger partial charge on any atom is -0.339 e. The number of amides is 2. The number of halogens is 1. The van der Waals surface area contributed by atoms with E-state index < -0.39 is 0 Å². The monoisotopic (exact) mass is 372 g/mol. The fourth-order valence-corrected chi connectivity index (χ4v) is 3.37. The summed E-state index contributed by atoms with van der Waals surface area (Å²) in [7, 11) is 0. The molecular weight excluding hydrogens is 351 g/mol. The first-order chi connectivity index (χ1) is 12.6. The molecule has 1 heterocycles. The van der Waals surface area contributed by atoms with Crippen molar-refractivity contribution in [3.05, 3.63) is 65.5 Å². The Balaban J connectivity index is 1.53. The van der Waals surface area contributed by atoms with Gasteiger partial charge >= 0.3 is 0 Å². The fourth-order valence-electron chi connectivity index (χ4n) is 2.96. The molecule has 0 radical (unpaired) electrons. The van der Waals surface area contributed by atoms with Crippen LogP contribution in [0.25, 0.3) is 0 Å². The van der Waals surface area contributed by atoms with Gasteiger partial charge < -0.3 is 9.80 Å². The molecule has 6 heteroatoms. The molecule has 0 unspecified atom stereocenters. The smallest absolute Gasteiger partial charge is 0.253 e. The summed E-state index contributed by atoms with van der Waals surface area (Å²) in [6, 6.07) is 13.6. The van der Waals surface area contributed by atoms with Gasteiger partial charge in [0, 0.05) is 36.6 Å². The fraction of sp³-hybridized carbons (Fsp3) is 0.300. The van der Waals surface area contributed by atoms with Gasteiger partial charge in [-0.05, 0) is 48.2 Å². The molecule has 0 N–H and O–H groups in total. The van der Waals surface area contributed by atoms with Crippen LogP contribution in [0.15, 0.2) is 53.4 Å². The molecule has 0 spiro atoms. The van der Waals surface area contributed by atoms with Crippen LogP contribution < -0.4 is 0 Å². The number of thioether (sulfide) groups is 1. The van der Waals surface area contributed by atoms with E-state index >= 15 is 0 Å². The summed E-state index contributed by atoms with van der Waals surface area (Å²) in [5.74, 6) is -0.296. The van der Waals surface area contributed by atoms with Crippen molar-refractivity contribution in [3.8, 4) is 0 Å². The van der Waals surface area contributed by atoms with Crippen molar-refractivity contribution in [2.24, 2.45) is 0 Å². The van der Waals surface area contributed by atoms with Gasteiger partial charge in [0.1, 0.15) is 5.82 Å². The van der Waals surface area contributed by atoms with Crippen LogP contribution in [0, 0.1) is 5.82 Å². The third kappa shape index (κ3) is 4.43. The van der Waals surface area contributed by atoms with E-state index in [1.807, 2.05) is 30.5 Å². The number of piperazine rings is 1. The summed E-state index contributed by atoms with van der Waals surface area (Å²) in [6.45, 7) is 2.10. The Hall–Kier alpha value is -2.34. The van der Waals surface area contributed by atoms with Crippen LogP contribution in [0.3, 0.4) is 0 Å². The van der Waals surface area contributed by atoms with Crippen LogP contribution in [-0.4, -0.2) is 54.0 Å². The average Bonchev–Trinajstić information content (AvgIpc) is 2.69. The molecule has 4 nitrogen and oxygen atoms in total. The maximum atomic E-state index is 12.9. The van der Waals surface area contributed by atoms with E-state index in [0.29, 0.717) is 31.7 Å². The van der Waals surface area contributed by atoms with Crippen molar-refractivity contribution >= 4 is 23.6 Å². The van der Waals surface area contributed by atoms with Crippen molar-refractivity contribution in [1.82, 2.24) is 9.80 Å². The molecule has 1 fully saturated rings. The molecule has 2 amide bonds. The van der Waals surface area contributed by atoms with Crippen LogP contribution >= 0.6 is 11.8 Å². The zero-order chi connectivity index (χ0) is 18.5. The van der Waals surface area contributed by atoms with Crippen molar-refractivity contribution in [2.75, 3.05) is 32.4 Å². The lowest BCUT2D eigenvalue weighted by Crippen LogP contribution is -2.51. The molecule has 26 heavy (non-hydrogen) atoms. The Morgan fingerprint density at radius 2 is 1.50 bits per heavy atom. The molecule has 0 saturated carbocycles. The number of rotatable bonds is 4.